The molecule has 138 valence electrons. The van der Waals surface area contributed by atoms with Crippen LogP contribution in [0, 0.1) is 0 Å². The number of carbonyl (C=O) groups is 1. The highest BCUT2D eigenvalue weighted by Gasteiger charge is 2.41. The molecule has 1 atom stereocenters. The van der Waals surface area contributed by atoms with Gasteiger partial charge in [0.2, 0.25) is 0 Å². The molecule has 1 unspecified atom stereocenters. The summed E-state index contributed by atoms with van der Waals surface area (Å²) in [6.45, 7) is 4.56. The maximum atomic E-state index is 14.1. The fourth-order valence-electron chi connectivity index (χ4n) is 2.45. The minimum absolute atomic E-state index is 0.135. The summed E-state index contributed by atoms with van der Waals surface area (Å²) in [7, 11) is 0. The van der Waals surface area contributed by atoms with Gasteiger partial charge in [-0.15, -0.1) is 0 Å². The number of hydrogen-bond acceptors (Lipinski definition) is 4. The van der Waals surface area contributed by atoms with Crippen LogP contribution in [0.3, 0.4) is 0 Å². The SMILES string of the molecule is CC(C)(C)OC(=O)N1CCC(O/N=C/c2ccccc2)CC(F)(F)C1. The molecule has 25 heavy (non-hydrogen) atoms. The molecule has 1 saturated heterocycles. The number of oxime groups is 1. The molecule has 1 heterocycles. The summed E-state index contributed by atoms with van der Waals surface area (Å²) in [4.78, 5) is 18.3. The monoisotopic (exact) mass is 354 g/mol. The molecule has 1 fully saturated rings. The van der Waals surface area contributed by atoms with Crippen molar-refractivity contribution in [3.63, 3.8) is 0 Å². The smallest absolute Gasteiger partial charge is 0.410 e. The van der Waals surface area contributed by atoms with Gasteiger partial charge in [-0.05, 0) is 26.3 Å². The minimum Gasteiger partial charge on any atom is -0.444 e. The van der Waals surface area contributed by atoms with E-state index in [1.165, 1.54) is 6.21 Å². The number of alkyl halides is 2. The van der Waals surface area contributed by atoms with Crippen LogP contribution in [0.25, 0.3) is 0 Å². The van der Waals surface area contributed by atoms with Gasteiger partial charge in [-0.25, -0.2) is 13.6 Å². The van der Waals surface area contributed by atoms with Crippen LogP contribution in [0.5, 0.6) is 0 Å². The zero-order valence-electron chi connectivity index (χ0n) is 14.7. The molecular formula is C18H24F2N2O3. The number of halogens is 2. The zero-order valence-corrected chi connectivity index (χ0v) is 14.7. The second kappa shape index (κ2) is 7.80. The van der Waals surface area contributed by atoms with E-state index in [1.54, 1.807) is 20.8 Å². The molecule has 1 amide bonds. The van der Waals surface area contributed by atoms with E-state index in [0.29, 0.717) is 0 Å². The summed E-state index contributed by atoms with van der Waals surface area (Å²) in [5, 5.41) is 3.81. The van der Waals surface area contributed by atoms with E-state index >= 15 is 0 Å². The van der Waals surface area contributed by atoms with Crippen molar-refractivity contribution >= 4 is 12.3 Å². The van der Waals surface area contributed by atoms with Crippen molar-refractivity contribution in [2.24, 2.45) is 5.16 Å². The third-order valence-electron chi connectivity index (χ3n) is 3.53. The average molecular weight is 354 g/mol. The topological polar surface area (TPSA) is 51.1 Å². The first-order valence-electron chi connectivity index (χ1n) is 8.25. The number of ether oxygens (including phenoxy) is 1. The highest BCUT2D eigenvalue weighted by molar-refractivity contribution is 5.78. The van der Waals surface area contributed by atoms with Gasteiger partial charge in [-0.1, -0.05) is 35.5 Å². The first-order chi connectivity index (χ1) is 11.6. The average Bonchev–Trinajstić information content (AvgIpc) is 2.65. The van der Waals surface area contributed by atoms with E-state index < -0.39 is 36.7 Å². The van der Waals surface area contributed by atoms with Crippen LogP contribution in [-0.2, 0) is 9.57 Å². The van der Waals surface area contributed by atoms with Crippen LogP contribution < -0.4 is 0 Å². The van der Waals surface area contributed by atoms with Crippen LogP contribution in [-0.4, -0.2) is 47.9 Å². The third kappa shape index (κ3) is 6.68. The molecule has 0 N–H and O–H groups in total. The predicted molar refractivity (Wildman–Crippen MR) is 90.9 cm³/mol. The Labute approximate surface area is 146 Å². The third-order valence-corrected chi connectivity index (χ3v) is 3.53. The Morgan fingerprint density at radius 1 is 1.32 bits per heavy atom. The fraction of sp³-hybridized carbons (Fsp3) is 0.556. The van der Waals surface area contributed by atoms with Crippen molar-refractivity contribution in [2.75, 3.05) is 13.1 Å². The van der Waals surface area contributed by atoms with Gasteiger partial charge < -0.3 is 14.5 Å². The molecule has 5 nitrogen and oxygen atoms in total. The van der Waals surface area contributed by atoms with Crippen LogP contribution in [0.1, 0.15) is 39.2 Å². The highest BCUT2D eigenvalue weighted by Crippen LogP contribution is 2.29. The summed E-state index contributed by atoms with van der Waals surface area (Å²) < 4.78 is 33.4. The quantitative estimate of drug-likeness (QED) is 0.607. The predicted octanol–water partition coefficient (Wildman–Crippen LogP) is 4.07. The van der Waals surface area contributed by atoms with Crippen LogP contribution >= 0.6 is 0 Å². The van der Waals surface area contributed by atoms with E-state index in [0.717, 1.165) is 10.5 Å². The lowest BCUT2D eigenvalue weighted by Gasteiger charge is -2.27. The van der Waals surface area contributed by atoms with Crippen LogP contribution in [0.4, 0.5) is 13.6 Å². The Morgan fingerprint density at radius 2 is 2.00 bits per heavy atom. The largest absolute Gasteiger partial charge is 0.444 e. The van der Waals surface area contributed by atoms with Crippen molar-refractivity contribution < 1.29 is 23.1 Å². The van der Waals surface area contributed by atoms with Crippen molar-refractivity contribution in [1.29, 1.82) is 0 Å². The van der Waals surface area contributed by atoms with Crippen molar-refractivity contribution in [1.82, 2.24) is 4.90 Å². The number of rotatable bonds is 3. The Hall–Kier alpha value is -2.18. The molecule has 0 bridgehead atoms. The van der Waals surface area contributed by atoms with Gasteiger partial charge in [-0.2, -0.15) is 0 Å². The number of amides is 1. The van der Waals surface area contributed by atoms with Gasteiger partial charge in [0.25, 0.3) is 5.92 Å². The number of carbonyl (C=O) groups excluding carboxylic acids is 1. The molecule has 1 aromatic rings. The minimum atomic E-state index is -3.06. The maximum Gasteiger partial charge on any atom is 0.410 e. The Morgan fingerprint density at radius 3 is 2.64 bits per heavy atom. The molecule has 1 aromatic carbocycles. The van der Waals surface area contributed by atoms with E-state index in [1.807, 2.05) is 30.3 Å². The molecule has 0 radical (unpaired) electrons. The fourth-order valence-corrected chi connectivity index (χ4v) is 2.45. The molecule has 0 saturated carbocycles. The lowest BCUT2D eigenvalue weighted by Crippen LogP contribution is -2.42. The standard InChI is InChI=1S/C18H24F2N2O3/c1-17(2,3)24-16(23)22-10-9-15(11-18(19,20)13-22)25-21-12-14-7-5-4-6-8-14/h4-8,12,15H,9-11,13H2,1-3H3/b21-12+. The van der Waals surface area contributed by atoms with E-state index in [-0.39, 0.29) is 13.0 Å². The molecule has 2 rings (SSSR count). The van der Waals surface area contributed by atoms with Gasteiger partial charge in [-0.3, -0.25) is 0 Å². The number of hydrogen-bond donors (Lipinski definition) is 0. The summed E-state index contributed by atoms with van der Waals surface area (Å²) in [5.74, 6) is -3.06. The molecule has 1 aliphatic heterocycles. The van der Waals surface area contributed by atoms with Gasteiger partial charge in [0, 0.05) is 13.0 Å². The number of benzene rings is 1. The zero-order chi connectivity index (χ0) is 18.5. The normalized spacial score (nSPS) is 21.0. The molecule has 0 spiro atoms. The van der Waals surface area contributed by atoms with Gasteiger partial charge >= 0.3 is 6.09 Å². The number of nitrogens with zero attached hydrogens (tertiary/aromatic N) is 2. The first-order valence-corrected chi connectivity index (χ1v) is 8.25. The van der Waals surface area contributed by atoms with Gasteiger partial charge in [0.15, 0.2) is 0 Å². The number of likely N-dealkylation sites (tertiary alicyclic amines) is 1. The van der Waals surface area contributed by atoms with E-state index in [9.17, 15) is 13.6 Å². The molecule has 0 aliphatic carbocycles. The van der Waals surface area contributed by atoms with Gasteiger partial charge in [0.1, 0.15) is 11.7 Å². The molecular weight excluding hydrogens is 330 g/mol. The van der Waals surface area contributed by atoms with Crippen molar-refractivity contribution in [2.45, 2.75) is 51.2 Å². The Bertz CT molecular complexity index is 600. The first kappa shape index (κ1) is 19.1. The van der Waals surface area contributed by atoms with Crippen LogP contribution in [0.2, 0.25) is 0 Å². The molecule has 7 heteroatoms. The summed E-state index contributed by atoms with van der Waals surface area (Å²) in [5.41, 5.74) is 0.0902. The highest BCUT2D eigenvalue weighted by atomic mass is 19.3. The summed E-state index contributed by atoms with van der Waals surface area (Å²) in [6, 6.07) is 9.23. The Kier molecular flexibility index (Phi) is 5.98. The second-order valence-electron chi connectivity index (χ2n) is 7.12. The maximum absolute atomic E-state index is 14.1. The second-order valence-corrected chi connectivity index (χ2v) is 7.12. The van der Waals surface area contributed by atoms with E-state index in [2.05, 4.69) is 5.16 Å². The molecule has 0 aromatic heterocycles. The van der Waals surface area contributed by atoms with Crippen molar-refractivity contribution in [3.05, 3.63) is 35.9 Å². The summed E-state index contributed by atoms with van der Waals surface area (Å²) >= 11 is 0. The van der Waals surface area contributed by atoms with Crippen molar-refractivity contribution in [3.8, 4) is 0 Å². The summed E-state index contributed by atoms with van der Waals surface area (Å²) in [6.07, 6.45) is -0.239. The lowest BCUT2D eigenvalue weighted by atomic mass is 10.1. The van der Waals surface area contributed by atoms with E-state index in [4.69, 9.17) is 9.57 Å². The Balaban J connectivity index is 1.95. The van der Waals surface area contributed by atoms with Gasteiger partial charge in [0.05, 0.1) is 19.2 Å². The lowest BCUT2D eigenvalue weighted by molar-refractivity contribution is -0.0663. The molecule has 1 aliphatic rings. The van der Waals surface area contributed by atoms with Crippen LogP contribution in [0.15, 0.2) is 35.5 Å².